The van der Waals surface area contributed by atoms with Crippen LogP contribution >= 0.6 is 12.4 Å². The molecule has 3 amide bonds. The summed E-state index contributed by atoms with van der Waals surface area (Å²) >= 11 is 0. The van der Waals surface area contributed by atoms with Gasteiger partial charge in [0.05, 0.1) is 28.9 Å². The maximum atomic E-state index is 13.0. The number of halogens is 1. The number of carbonyl (C=O) groups excluding carboxylic acids is 3. The third-order valence-electron chi connectivity index (χ3n) is 9.26. The van der Waals surface area contributed by atoms with Crippen molar-refractivity contribution in [3.63, 3.8) is 0 Å². The third kappa shape index (κ3) is 7.42. The van der Waals surface area contributed by atoms with Gasteiger partial charge in [-0.25, -0.2) is 0 Å². The van der Waals surface area contributed by atoms with Gasteiger partial charge < -0.3 is 36.1 Å². The third-order valence-corrected chi connectivity index (χ3v) is 9.26. The van der Waals surface area contributed by atoms with Crippen molar-refractivity contribution in [1.82, 2.24) is 25.8 Å². The number of para-hydroxylation sites is 1. The van der Waals surface area contributed by atoms with Gasteiger partial charge in [-0.2, -0.15) is 0 Å². The van der Waals surface area contributed by atoms with Crippen molar-refractivity contribution in [3.8, 4) is 0 Å². The molecular weight excluding hydrogens is 626 g/mol. The summed E-state index contributed by atoms with van der Waals surface area (Å²) in [5, 5.41) is 20.7. The van der Waals surface area contributed by atoms with E-state index in [9.17, 15) is 24.5 Å². The molecule has 0 bridgehead atoms. The zero-order chi connectivity index (χ0) is 32.0. The van der Waals surface area contributed by atoms with Gasteiger partial charge in [0.25, 0.3) is 5.69 Å². The first-order valence-electron chi connectivity index (χ1n) is 15.6. The lowest BCUT2D eigenvalue weighted by Crippen LogP contribution is -2.56. The molecule has 14 heteroatoms. The number of dihydropyridines is 1. The fraction of sp³-hybridized carbons (Fsp3) is 0.424. The second kappa shape index (κ2) is 16.4. The molecule has 3 aliphatic heterocycles. The molecule has 1 unspecified atom stereocenters. The predicted molar refractivity (Wildman–Crippen MR) is 181 cm³/mol. The molecular formula is C33H44ClN7O6. The molecule has 0 saturated carbocycles. The van der Waals surface area contributed by atoms with Gasteiger partial charge in [-0.15, -0.1) is 12.4 Å². The predicted octanol–water partition coefficient (Wildman–Crippen LogP) is 3.14. The summed E-state index contributed by atoms with van der Waals surface area (Å²) in [6.07, 6.45) is 4.82. The van der Waals surface area contributed by atoms with Crippen molar-refractivity contribution in [2.24, 2.45) is 0 Å². The highest BCUT2D eigenvalue weighted by molar-refractivity contribution is 5.93. The Morgan fingerprint density at radius 3 is 2.28 bits per heavy atom. The van der Waals surface area contributed by atoms with Crippen LogP contribution in [0.2, 0.25) is 0 Å². The smallest absolute Gasteiger partial charge is 0.269 e. The van der Waals surface area contributed by atoms with Gasteiger partial charge >= 0.3 is 0 Å². The molecule has 0 radical (unpaired) electrons. The first-order valence-corrected chi connectivity index (χ1v) is 15.6. The Morgan fingerprint density at radius 1 is 1.04 bits per heavy atom. The van der Waals surface area contributed by atoms with Gasteiger partial charge in [-0.1, -0.05) is 44.2 Å². The van der Waals surface area contributed by atoms with E-state index in [1.165, 1.54) is 12.1 Å². The molecule has 2 aromatic rings. The molecule has 47 heavy (non-hydrogen) atoms. The van der Waals surface area contributed by atoms with Crippen LogP contribution in [0.15, 0.2) is 77.4 Å². The van der Waals surface area contributed by atoms with Crippen LogP contribution in [0.4, 0.5) is 11.4 Å². The molecule has 0 aliphatic carbocycles. The zero-order valence-electron chi connectivity index (χ0n) is 26.7. The number of nitro groups is 1. The molecule has 1 atom stereocenters. The van der Waals surface area contributed by atoms with Gasteiger partial charge in [-0.05, 0) is 56.3 Å². The van der Waals surface area contributed by atoms with Gasteiger partial charge in [0.2, 0.25) is 18.7 Å². The number of nitrogens with zero attached hydrogens (tertiary/aromatic N) is 4. The van der Waals surface area contributed by atoms with Gasteiger partial charge in [-0.3, -0.25) is 24.5 Å². The number of nitro benzene ring substituents is 1. The molecule has 3 aliphatic rings. The van der Waals surface area contributed by atoms with Crippen molar-refractivity contribution in [3.05, 3.63) is 93.1 Å². The summed E-state index contributed by atoms with van der Waals surface area (Å²) < 4.78 is 0. The topological polar surface area (TPSA) is 172 Å². The van der Waals surface area contributed by atoms with Gasteiger partial charge in [0, 0.05) is 48.8 Å². The maximum absolute atomic E-state index is 13.0. The van der Waals surface area contributed by atoms with E-state index in [-0.39, 0.29) is 29.5 Å². The number of amides is 3. The number of rotatable bonds is 13. The lowest BCUT2D eigenvalue weighted by molar-refractivity contribution is -0.384. The Hall–Kier alpha value is -4.46. The van der Waals surface area contributed by atoms with Crippen LogP contribution in [0.5, 0.6) is 0 Å². The number of non-ortho nitro benzene ring substituents is 1. The number of nitrogens with one attached hydrogen (secondary N) is 3. The number of allylic oxidation sites excluding steroid dienone is 2. The number of benzene rings is 2. The molecule has 5 rings (SSSR count). The summed E-state index contributed by atoms with van der Waals surface area (Å²) in [6, 6.07) is 16.3. The highest BCUT2D eigenvalue weighted by atomic mass is 35.5. The second-order valence-corrected chi connectivity index (χ2v) is 11.6. The monoisotopic (exact) mass is 669 g/mol. The minimum Gasteiger partial charge on any atom is -0.412 e. The fourth-order valence-corrected chi connectivity index (χ4v) is 6.91. The van der Waals surface area contributed by atoms with Crippen LogP contribution in [-0.2, 0) is 14.4 Å². The molecule has 3 heterocycles. The highest BCUT2D eigenvalue weighted by Crippen LogP contribution is 2.40. The molecule has 13 nitrogen and oxygen atoms in total. The molecule has 5 N–H and O–H groups in total. The van der Waals surface area contributed by atoms with Crippen LogP contribution in [0.3, 0.4) is 0 Å². The Bertz CT molecular complexity index is 1480. The Balaban J connectivity index is 0.00000300. The largest absolute Gasteiger partial charge is 0.412 e. The Morgan fingerprint density at radius 2 is 1.70 bits per heavy atom. The maximum Gasteiger partial charge on any atom is 0.269 e. The number of hydrogen-bond donors (Lipinski definition) is 3. The summed E-state index contributed by atoms with van der Waals surface area (Å²) in [5.74, 6) is -0.412. The van der Waals surface area contributed by atoms with Crippen molar-refractivity contribution in [1.29, 1.82) is 0 Å². The molecule has 1 spiro atoms. The van der Waals surface area contributed by atoms with E-state index in [1.807, 2.05) is 44.2 Å². The van der Waals surface area contributed by atoms with E-state index in [1.54, 1.807) is 17.0 Å². The number of hydrogen-bond acceptors (Lipinski definition) is 8. The van der Waals surface area contributed by atoms with Gasteiger partial charge in [0.1, 0.15) is 5.54 Å². The van der Waals surface area contributed by atoms with Crippen molar-refractivity contribution in [2.45, 2.75) is 57.4 Å². The van der Waals surface area contributed by atoms with E-state index >= 15 is 0 Å². The summed E-state index contributed by atoms with van der Waals surface area (Å²) in [7, 11) is 0. The van der Waals surface area contributed by atoms with E-state index in [0.717, 1.165) is 54.4 Å². The van der Waals surface area contributed by atoms with Gasteiger partial charge in [0.15, 0.2) is 0 Å². The average Bonchev–Trinajstić information content (AvgIpc) is 3.38. The van der Waals surface area contributed by atoms with Crippen molar-refractivity contribution in [2.75, 3.05) is 37.7 Å². The normalized spacial score (nSPS) is 18.9. The number of anilines is 1. The highest BCUT2D eigenvalue weighted by Gasteiger charge is 2.50. The van der Waals surface area contributed by atoms with E-state index in [2.05, 4.69) is 25.8 Å². The SMILES string of the molecule is CCC1=C(NC=O)C(c2ccc([N+](=O)[O-])cc2)C(N(C=O)CCCN2CCC3(CC2)C(=O)NCN3c2ccccc2)=C(CC)N1.Cl.O. The number of piperidine rings is 1. The van der Waals surface area contributed by atoms with E-state index < -0.39 is 16.4 Å². The quantitative estimate of drug-likeness (QED) is 0.166. The van der Waals surface area contributed by atoms with Crippen molar-refractivity contribution < 1.29 is 24.8 Å². The van der Waals surface area contributed by atoms with E-state index in [4.69, 9.17) is 0 Å². The van der Waals surface area contributed by atoms with Crippen LogP contribution in [0.1, 0.15) is 57.4 Å². The fourth-order valence-electron chi connectivity index (χ4n) is 6.91. The van der Waals surface area contributed by atoms with Crippen LogP contribution in [0, 0.1) is 10.1 Å². The molecule has 2 saturated heterocycles. The van der Waals surface area contributed by atoms with E-state index in [0.29, 0.717) is 57.4 Å². The van der Waals surface area contributed by atoms with Crippen molar-refractivity contribution >= 4 is 42.5 Å². The standard InChI is InChI=1S/C33H41N7O5.ClH.H2O/c1-3-27-30(35-22-41)29(24-11-13-26(14-12-24)40(44)45)31(28(4-2)36-27)38(23-42)18-8-17-37-19-15-33(16-20-37)32(43)34-21-39(33)25-9-6-5-7-10-25;;/h5-7,9-14,22-23,29,36H,3-4,8,15-21H2,1-2H3,(H,34,43)(H,35,41);1H;1H2. The molecule has 2 fully saturated rings. The second-order valence-electron chi connectivity index (χ2n) is 11.6. The van der Waals surface area contributed by atoms with Crippen LogP contribution in [0.25, 0.3) is 0 Å². The Kier molecular flexibility index (Phi) is 12.9. The van der Waals surface area contributed by atoms with Crippen LogP contribution < -0.4 is 20.9 Å². The summed E-state index contributed by atoms with van der Waals surface area (Å²) in [6.45, 7) is 7.23. The van der Waals surface area contributed by atoms with Crippen LogP contribution in [-0.4, -0.2) is 77.3 Å². The lowest BCUT2D eigenvalue weighted by Gasteiger charge is -2.43. The Labute approximate surface area is 280 Å². The minimum absolute atomic E-state index is 0. The number of carbonyl (C=O) groups is 3. The number of likely N-dealkylation sites (tertiary alicyclic amines) is 1. The summed E-state index contributed by atoms with van der Waals surface area (Å²) in [4.78, 5) is 54.5. The molecule has 0 aromatic heterocycles. The first kappa shape index (κ1) is 37.0. The zero-order valence-corrected chi connectivity index (χ0v) is 27.6. The summed E-state index contributed by atoms with van der Waals surface area (Å²) in [5.41, 5.74) is 4.25. The average molecular weight is 670 g/mol. The minimum atomic E-state index is -0.551. The molecule has 2 aromatic carbocycles. The molecule has 254 valence electrons. The first-order chi connectivity index (χ1) is 21.9. The lowest BCUT2D eigenvalue weighted by atomic mass is 9.85.